The van der Waals surface area contributed by atoms with Gasteiger partial charge in [-0.15, -0.1) is 0 Å². The van der Waals surface area contributed by atoms with Crippen molar-refractivity contribution in [2.75, 3.05) is 37.0 Å². The highest BCUT2D eigenvalue weighted by Gasteiger charge is 2.04. The lowest BCUT2D eigenvalue weighted by Gasteiger charge is -2.11. The highest BCUT2D eigenvalue weighted by Crippen LogP contribution is 2.18. The van der Waals surface area contributed by atoms with E-state index in [-0.39, 0.29) is 12.5 Å². The van der Waals surface area contributed by atoms with Crippen LogP contribution in [-0.4, -0.2) is 32.3 Å². The summed E-state index contributed by atoms with van der Waals surface area (Å²) < 4.78 is 16.9. The first-order valence-corrected chi connectivity index (χ1v) is 10.8. The maximum atomic E-state index is 12.2. The van der Waals surface area contributed by atoms with Crippen molar-refractivity contribution in [2.45, 2.75) is 13.8 Å². The van der Waals surface area contributed by atoms with Gasteiger partial charge in [-0.3, -0.25) is 4.79 Å². The van der Waals surface area contributed by atoms with Crippen molar-refractivity contribution in [1.82, 2.24) is 0 Å². The first-order valence-electron chi connectivity index (χ1n) is 10.8. The maximum Gasteiger partial charge on any atom is 0.243 e. The highest BCUT2D eigenvalue weighted by atomic mass is 16.5. The number of carbonyl (C=O) groups excluding carboxylic acids is 1. The van der Waals surface area contributed by atoms with Crippen LogP contribution in [0.4, 0.5) is 11.4 Å². The number of para-hydroxylation sites is 1. The van der Waals surface area contributed by atoms with Gasteiger partial charge >= 0.3 is 0 Å². The third-order valence-electron chi connectivity index (χ3n) is 4.39. The molecule has 0 saturated heterocycles. The summed E-state index contributed by atoms with van der Waals surface area (Å²) in [5, 5.41) is 5.98. The van der Waals surface area contributed by atoms with Crippen LogP contribution in [0.3, 0.4) is 0 Å². The van der Waals surface area contributed by atoms with E-state index in [4.69, 9.17) is 14.2 Å². The minimum absolute atomic E-state index is 0.126. The lowest BCUT2D eigenvalue weighted by atomic mass is 10.2. The summed E-state index contributed by atoms with van der Waals surface area (Å²) in [4.78, 5) is 12.2. The van der Waals surface area contributed by atoms with Gasteiger partial charge in [-0.05, 0) is 66.6 Å². The summed E-state index contributed by atoms with van der Waals surface area (Å²) in [6, 6.07) is 24.5. The largest absolute Gasteiger partial charge is 0.493 e. The monoisotopic (exact) mass is 434 g/mol. The van der Waals surface area contributed by atoms with E-state index in [1.54, 1.807) is 0 Å². The third kappa shape index (κ3) is 8.22. The van der Waals surface area contributed by atoms with E-state index >= 15 is 0 Å². The summed E-state index contributed by atoms with van der Waals surface area (Å²) in [5.74, 6) is 2.71. The lowest BCUT2D eigenvalue weighted by Crippen LogP contribution is -2.21. The zero-order chi connectivity index (χ0) is 22.6. The molecule has 2 N–H and O–H groups in total. The minimum Gasteiger partial charge on any atom is -0.493 e. The van der Waals surface area contributed by atoms with Gasteiger partial charge in [0.2, 0.25) is 5.91 Å². The second-order valence-corrected chi connectivity index (χ2v) is 7.67. The van der Waals surface area contributed by atoms with Gasteiger partial charge < -0.3 is 24.8 Å². The average Bonchev–Trinajstić information content (AvgIpc) is 2.81. The van der Waals surface area contributed by atoms with Crippen LogP contribution in [0.2, 0.25) is 0 Å². The van der Waals surface area contributed by atoms with Crippen LogP contribution in [0.1, 0.15) is 13.8 Å². The molecule has 6 nitrogen and oxygen atoms in total. The quantitative estimate of drug-likeness (QED) is 0.382. The summed E-state index contributed by atoms with van der Waals surface area (Å²) in [7, 11) is 0. The van der Waals surface area contributed by atoms with E-state index in [2.05, 4.69) is 24.5 Å². The van der Waals surface area contributed by atoms with Crippen LogP contribution >= 0.6 is 0 Å². The second kappa shape index (κ2) is 12.2. The number of ether oxygens (including phenoxy) is 3. The van der Waals surface area contributed by atoms with Crippen molar-refractivity contribution in [1.29, 1.82) is 0 Å². The molecule has 0 unspecified atom stereocenters. The van der Waals surface area contributed by atoms with Crippen LogP contribution in [-0.2, 0) is 4.79 Å². The molecule has 0 spiro atoms. The lowest BCUT2D eigenvalue weighted by molar-refractivity contribution is -0.114. The van der Waals surface area contributed by atoms with Crippen molar-refractivity contribution in [3.05, 3.63) is 78.9 Å². The Morgan fingerprint density at radius 2 is 1.25 bits per heavy atom. The normalized spacial score (nSPS) is 10.5. The first-order chi connectivity index (χ1) is 15.6. The van der Waals surface area contributed by atoms with E-state index in [9.17, 15) is 4.79 Å². The molecule has 0 saturated carbocycles. The Kier molecular flexibility index (Phi) is 8.80. The SMILES string of the molecule is CC(C)COc1ccc(NC(=O)CNc2ccc(OCCOc3ccccc3)cc2)cc1. The minimum atomic E-state index is -0.126. The van der Waals surface area contributed by atoms with Crippen molar-refractivity contribution in [3.8, 4) is 17.2 Å². The Morgan fingerprint density at radius 1 is 0.719 bits per heavy atom. The van der Waals surface area contributed by atoms with Crippen molar-refractivity contribution >= 4 is 17.3 Å². The van der Waals surface area contributed by atoms with E-state index in [0.717, 1.165) is 28.6 Å². The standard InChI is InChI=1S/C26H30N2O4/c1-20(2)19-32-25-14-10-22(11-15-25)28-26(29)18-27-21-8-12-24(13-9-21)31-17-16-30-23-6-4-3-5-7-23/h3-15,20,27H,16-19H2,1-2H3,(H,28,29). The van der Waals surface area contributed by atoms with Gasteiger partial charge in [0.25, 0.3) is 0 Å². The number of hydrogen-bond acceptors (Lipinski definition) is 5. The molecule has 3 aromatic carbocycles. The summed E-state index contributed by atoms with van der Waals surface area (Å²) in [5.41, 5.74) is 1.57. The molecule has 32 heavy (non-hydrogen) atoms. The topological polar surface area (TPSA) is 68.8 Å². The number of amides is 1. The molecule has 0 aromatic heterocycles. The fourth-order valence-corrected chi connectivity index (χ4v) is 2.79. The number of carbonyl (C=O) groups is 1. The summed E-state index contributed by atoms with van der Waals surface area (Å²) in [6.07, 6.45) is 0. The number of rotatable bonds is 12. The van der Waals surface area contributed by atoms with E-state index in [0.29, 0.717) is 25.7 Å². The van der Waals surface area contributed by atoms with E-state index < -0.39 is 0 Å². The predicted molar refractivity (Wildman–Crippen MR) is 128 cm³/mol. The van der Waals surface area contributed by atoms with Gasteiger partial charge in [-0.2, -0.15) is 0 Å². The van der Waals surface area contributed by atoms with Gasteiger partial charge in [0.1, 0.15) is 30.5 Å². The molecule has 0 radical (unpaired) electrons. The number of nitrogens with one attached hydrogen (secondary N) is 2. The molecule has 1 amide bonds. The Morgan fingerprint density at radius 3 is 1.84 bits per heavy atom. The van der Waals surface area contributed by atoms with Gasteiger partial charge in [0.05, 0.1) is 13.2 Å². The van der Waals surface area contributed by atoms with Gasteiger partial charge in [-0.25, -0.2) is 0 Å². The van der Waals surface area contributed by atoms with Gasteiger partial charge in [-0.1, -0.05) is 32.0 Å². The molecule has 168 valence electrons. The Balaban J connectivity index is 1.34. The van der Waals surface area contributed by atoms with Crippen LogP contribution in [0.25, 0.3) is 0 Å². The zero-order valence-corrected chi connectivity index (χ0v) is 18.5. The third-order valence-corrected chi connectivity index (χ3v) is 4.39. The van der Waals surface area contributed by atoms with Crippen LogP contribution in [0.15, 0.2) is 78.9 Å². The van der Waals surface area contributed by atoms with Crippen molar-refractivity contribution < 1.29 is 19.0 Å². The van der Waals surface area contributed by atoms with Gasteiger partial charge in [0.15, 0.2) is 0 Å². The molecule has 0 aliphatic carbocycles. The average molecular weight is 435 g/mol. The predicted octanol–water partition coefficient (Wildman–Crippen LogP) is 5.23. The molecule has 0 bridgehead atoms. The molecule has 0 heterocycles. The highest BCUT2D eigenvalue weighted by molar-refractivity contribution is 5.93. The molecular weight excluding hydrogens is 404 g/mol. The van der Waals surface area contributed by atoms with E-state index in [1.165, 1.54) is 0 Å². The molecule has 0 atom stereocenters. The number of benzene rings is 3. The number of hydrogen-bond donors (Lipinski definition) is 2. The Labute approximate surface area is 189 Å². The van der Waals surface area contributed by atoms with Crippen LogP contribution in [0, 0.1) is 5.92 Å². The van der Waals surface area contributed by atoms with Gasteiger partial charge in [0, 0.05) is 11.4 Å². The zero-order valence-electron chi connectivity index (χ0n) is 18.5. The first kappa shape index (κ1) is 23.0. The van der Waals surface area contributed by atoms with Crippen molar-refractivity contribution in [3.63, 3.8) is 0 Å². The fourth-order valence-electron chi connectivity index (χ4n) is 2.79. The second-order valence-electron chi connectivity index (χ2n) is 7.67. The smallest absolute Gasteiger partial charge is 0.243 e. The summed E-state index contributed by atoms with van der Waals surface area (Å²) >= 11 is 0. The number of anilines is 2. The molecule has 3 aromatic rings. The Bertz CT molecular complexity index is 942. The van der Waals surface area contributed by atoms with E-state index in [1.807, 2.05) is 78.9 Å². The Hall–Kier alpha value is -3.67. The molecule has 3 rings (SSSR count). The van der Waals surface area contributed by atoms with Crippen LogP contribution in [0.5, 0.6) is 17.2 Å². The van der Waals surface area contributed by atoms with Crippen molar-refractivity contribution in [2.24, 2.45) is 5.92 Å². The van der Waals surface area contributed by atoms with Crippen LogP contribution < -0.4 is 24.8 Å². The molecule has 0 aliphatic heterocycles. The molecule has 6 heteroatoms. The molecule has 0 fully saturated rings. The fraction of sp³-hybridized carbons (Fsp3) is 0.269. The molecular formula is C26H30N2O4. The molecule has 0 aliphatic rings. The maximum absolute atomic E-state index is 12.2. The summed E-state index contributed by atoms with van der Waals surface area (Å²) in [6.45, 7) is 5.95.